The third kappa shape index (κ3) is 8.33. The zero-order valence-electron chi connectivity index (χ0n) is 29.0. The molecule has 48 heavy (non-hydrogen) atoms. The topological polar surface area (TPSA) is 115 Å². The van der Waals surface area contributed by atoms with Crippen LogP contribution in [-0.2, 0) is 19.2 Å². The Bertz CT molecular complexity index is 1280. The minimum Gasteiger partial charge on any atom is -0.484 e. The van der Waals surface area contributed by atoms with E-state index in [4.69, 9.17) is 4.74 Å². The molecule has 0 aromatic heterocycles. The normalized spacial score (nSPS) is 28.4. The number of para-hydroxylation sites is 1. The van der Waals surface area contributed by atoms with E-state index in [1.54, 1.807) is 4.90 Å². The van der Waals surface area contributed by atoms with E-state index in [1.165, 1.54) is 0 Å². The van der Waals surface area contributed by atoms with Crippen molar-refractivity contribution >= 4 is 23.6 Å². The second-order valence-electron chi connectivity index (χ2n) is 15.2. The van der Waals surface area contributed by atoms with Crippen LogP contribution in [0.3, 0.4) is 0 Å². The molecule has 1 spiro atoms. The molecule has 7 rings (SSSR count). The average Bonchev–Trinajstić information content (AvgIpc) is 3.59. The molecule has 11 nitrogen and oxygen atoms in total. The van der Waals surface area contributed by atoms with Crippen LogP contribution >= 0.6 is 0 Å². The quantitative estimate of drug-likeness (QED) is 0.509. The van der Waals surface area contributed by atoms with Crippen molar-refractivity contribution < 1.29 is 23.9 Å². The molecule has 0 saturated carbocycles. The number of hydrogen-bond acceptors (Lipinski definition) is 7. The van der Waals surface area contributed by atoms with Gasteiger partial charge in [-0.1, -0.05) is 18.2 Å². The van der Waals surface area contributed by atoms with E-state index < -0.39 is 5.54 Å². The fraction of sp³-hybridized carbons (Fsp3) is 0.730. The highest BCUT2D eigenvalue weighted by Gasteiger charge is 2.44. The van der Waals surface area contributed by atoms with Crippen LogP contribution in [0.5, 0.6) is 5.75 Å². The lowest BCUT2D eigenvalue weighted by Crippen LogP contribution is -2.61. The highest BCUT2D eigenvalue weighted by atomic mass is 16.5. The number of nitrogens with zero attached hydrogens (tertiary/aromatic N) is 4. The number of likely N-dealkylation sites (tertiary alicyclic amines) is 2. The average molecular weight is 665 g/mol. The molecular weight excluding hydrogens is 608 g/mol. The highest BCUT2D eigenvalue weighted by Crippen LogP contribution is 2.33. The van der Waals surface area contributed by atoms with Crippen molar-refractivity contribution in [3.8, 4) is 5.75 Å². The Labute approximate surface area is 286 Å². The minimum atomic E-state index is -0.713. The van der Waals surface area contributed by atoms with Crippen molar-refractivity contribution in [3.05, 3.63) is 30.3 Å². The molecule has 6 heterocycles. The van der Waals surface area contributed by atoms with Gasteiger partial charge >= 0.3 is 0 Å². The van der Waals surface area contributed by atoms with Gasteiger partial charge in [-0.05, 0) is 102 Å². The second-order valence-corrected chi connectivity index (χ2v) is 15.2. The summed E-state index contributed by atoms with van der Waals surface area (Å²) in [6.07, 6.45) is 7.19. The summed E-state index contributed by atoms with van der Waals surface area (Å²) in [5.74, 6) is 1.42. The van der Waals surface area contributed by atoms with Crippen LogP contribution in [0.15, 0.2) is 30.3 Å². The standard InChI is InChI=1S/C37H56N6O5/c1-27(2)42-18-11-28-23-34(45)40-19-12-30(13-20-40)43-17-6-9-32(43)36(47)39-37(24-33(44)38-16-10-29(28)25-42)14-21-41(22-15-37)35(46)26-48-31-7-4-3-5-8-31/h3-5,7-8,27-30,32H,6,9-26H2,1-2H3,(H,38,44)(H,39,47)/t28-,29-,32-/m0/s1. The fourth-order valence-electron chi connectivity index (χ4n) is 8.88. The van der Waals surface area contributed by atoms with Gasteiger partial charge in [0.05, 0.1) is 11.6 Å². The van der Waals surface area contributed by atoms with Gasteiger partial charge in [0, 0.05) is 64.2 Å². The van der Waals surface area contributed by atoms with Crippen LogP contribution in [0.2, 0.25) is 0 Å². The number of carbonyl (C=O) groups is 4. The molecule has 6 aliphatic rings. The minimum absolute atomic E-state index is 0.00839. The SMILES string of the molecule is CC(C)N1CC[C@H]2CC(=O)N3CCC(CC3)N3CCC[C@H]3C(=O)NC3(CCN(C(=O)COc4ccccc4)CC3)CC(=O)NCC[C@H]2C1. The summed E-state index contributed by atoms with van der Waals surface area (Å²) >= 11 is 0. The number of hydrogen-bond donors (Lipinski definition) is 2. The van der Waals surface area contributed by atoms with Crippen molar-refractivity contribution in [1.82, 2.24) is 30.2 Å². The van der Waals surface area contributed by atoms with Crippen LogP contribution in [-0.4, -0.2) is 126 Å². The van der Waals surface area contributed by atoms with Crippen LogP contribution in [0.1, 0.15) is 78.1 Å². The van der Waals surface area contributed by atoms with Gasteiger partial charge in [-0.3, -0.25) is 24.1 Å². The Morgan fingerprint density at radius 1 is 0.917 bits per heavy atom. The third-order valence-electron chi connectivity index (χ3n) is 11.9. The predicted molar refractivity (Wildman–Crippen MR) is 183 cm³/mol. The molecule has 2 N–H and O–H groups in total. The fourth-order valence-corrected chi connectivity index (χ4v) is 8.88. The zero-order chi connectivity index (χ0) is 33.7. The first kappa shape index (κ1) is 34.7. The number of piperidine rings is 3. The number of rotatable bonds is 4. The van der Waals surface area contributed by atoms with Crippen molar-refractivity contribution in [1.29, 1.82) is 0 Å². The zero-order valence-corrected chi connectivity index (χ0v) is 29.0. The Morgan fingerprint density at radius 3 is 2.40 bits per heavy atom. The number of carbonyl (C=O) groups excluding carboxylic acids is 4. The summed E-state index contributed by atoms with van der Waals surface area (Å²) in [6, 6.07) is 9.81. The molecule has 1 aromatic rings. The summed E-state index contributed by atoms with van der Waals surface area (Å²) in [7, 11) is 0. The van der Waals surface area contributed by atoms with Gasteiger partial charge in [-0.15, -0.1) is 0 Å². The number of nitrogens with one attached hydrogen (secondary N) is 2. The van der Waals surface area contributed by atoms with Crippen LogP contribution in [0.4, 0.5) is 0 Å². The molecule has 264 valence electrons. The van der Waals surface area contributed by atoms with Crippen molar-refractivity contribution in [2.24, 2.45) is 11.8 Å². The van der Waals surface area contributed by atoms with E-state index in [2.05, 4.69) is 39.2 Å². The molecule has 3 atom stereocenters. The van der Waals surface area contributed by atoms with Gasteiger partial charge in [-0.2, -0.15) is 0 Å². The van der Waals surface area contributed by atoms with Crippen molar-refractivity contribution in [2.45, 2.75) is 102 Å². The molecule has 2 bridgehead atoms. The molecule has 6 saturated heterocycles. The molecule has 0 unspecified atom stereocenters. The lowest BCUT2D eigenvalue weighted by Gasteiger charge is -2.44. The van der Waals surface area contributed by atoms with Crippen molar-refractivity contribution in [2.75, 3.05) is 59.0 Å². The maximum absolute atomic E-state index is 14.1. The van der Waals surface area contributed by atoms with E-state index >= 15 is 0 Å². The summed E-state index contributed by atoms with van der Waals surface area (Å²) in [5.41, 5.74) is -0.713. The summed E-state index contributed by atoms with van der Waals surface area (Å²) in [6.45, 7) is 10.2. The predicted octanol–water partition coefficient (Wildman–Crippen LogP) is 2.64. The van der Waals surface area contributed by atoms with E-state index in [1.807, 2.05) is 30.3 Å². The first-order valence-electron chi connectivity index (χ1n) is 18.5. The number of ether oxygens (including phenoxy) is 1. The lowest BCUT2D eigenvalue weighted by atomic mass is 9.80. The largest absolute Gasteiger partial charge is 0.484 e. The second kappa shape index (κ2) is 15.6. The molecule has 1 aromatic carbocycles. The Kier molecular flexibility index (Phi) is 11.3. The lowest BCUT2D eigenvalue weighted by molar-refractivity contribution is -0.138. The number of amides is 4. The van der Waals surface area contributed by atoms with Gasteiger partial charge in [-0.25, -0.2) is 0 Å². The van der Waals surface area contributed by atoms with Gasteiger partial charge in [0.2, 0.25) is 17.7 Å². The van der Waals surface area contributed by atoms with E-state index in [0.29, 0.717) is 62.5 Å². The first-order chi connectivity index (χ1) is 23.2. The van der Waals surface area contributed by atoms with Crippen LogP contribution in [0.25, 0.3) is 0 Å². The molecule has 6 aliphatic heterocycles. The summed E-state index contributed by atoms with van der Waals surface area (Å²) < 4.78 is 5.72. The number of benzene rings is 1. The molecule has 0 radical (unpaired) electrons. The Hall–Kier alpha value is -3.18. The van der Waals surface area contributed by atoms with Crippen LogP contribution in [0, 0.1) is 11.8 Å². The molecule has 4 amide bonds. The summed E-state index contributed by atoms with van der Waals surface area (Å²) in [4.78, 5) is 63.0. The first-order valence-corrected chi connectivity index (χ1v) is 18.5. The Morgan fingerprint density at radius 2 is 1.67 bits per heavy atom. The van der Waals surface area contributed by atoms with Gasteiger partial charge in [0.1, 0.15) is 5.75 Å². The monoisotopic (exact) mass is 664 g/mol. The third-order valence-corrected chi connectivity index (χ3v) is 11.9. The van der Waals surface area contributed by atoms with Gasteiger partial charge in [0.25, 0.3) is 5.91 Å². The molecular formula is C37H56N6O5. The van der Waals surface area contributed by atoms with Gasteiger partial charge < -0.3 is 30.1 Å². The maximum atomic E-state index is 14.1. The van der Waals surface area contributed by atoms with Gasteiger partial charge in [0.15, 0.2) is 6.61 Å². The number of fused-ring (bicyclic) bond motifs is 8. The summed E-state index contributed by atoms with van der Waals surface area (Å²) in [5, 5.41) is 6.59. The molecule has 11 heteroatoms. The smallest absolute Gasteiger partial charge is 0.260 e. The maximum Gasteiger partial charge on any atom is 0.260 e. The molecule has 0 aliphatic carbocycles. The highest BCUT2D eigenvalue weighted by molar-refractivity contribution is 5.85. The molecule has 6 fully saturated rings. The van der Waals surface area contributed by atoms with E-state index in [9.17, 15) is 19.2 Å². The van der Waals surface area contributed by atoms with Crippen LogP contribution < -0.4 is 15.4 Å². The van der Waals surface area contributed by atoms with E-state index in [-0.39, 0.29) is 48.7 Å². The Balaban J connectivity index is 1.16. The van der Waals surface area contributed by atoms with Crippen molar-refractivity contribution in [3.63, 3.8) is 0 Å². The van der Waals surface area contributed by atoms with E-state index in [0.717, 1.165) is 71.2 Å².